The van der Waals surface area contributed by atoms with Crippen LogP contribution < -0.4 is 0 Å². The van der Waals surface area contributed by atoms with Crippen molar-refractivity contribution >= 4 is 5.78 Å². The molecule has 0 radical (unpaired) electrons. The number of carbonyl (C=O) groups is 1. The zero-order chi connectivity index (χ0) is 11.9. The molecule has 0 aliphatic heterocycles. The maximum Gasteiger partial charge on any atom is 0.168 e. The standard InChI is InChI=1S/C14H24O2/c1-2-3-4-5-6-7-10-13(15)14(16)11-8-9-12-14/h8,11,16H,2-7,9-10,12H2,1H3/t14-/m0/s1. The molecule has 16 heavy (non-hydrogen) atoms. The van der Waals surface area contributed by atoms with Crippen LogP contribution in [0.25, 0.3) is 0 Å². The van der Waals surface area contributed by atoms with Gasteiger partial charge in [-0.25, -0.2) is 0 Å². The molecule has 0 spiro atoms. The van der Waals surface area contributed by atoms with Gasteiger partial charge in [0.05, 0.1) is 0 Å². The van der Waals surface area contributed by atoms with Crippen molar-refractivity contribution in [3.05, 3.63) is 12.2 Å². The Balaban J connectivity index is 2.09. The summed E-state index contributed by atoms with van der Waals surface area (Å²) in [5.74, 6) is 0.0109. The van der Waals surface area contributed by atoms with E-state index < -0.39 is 5.60 Å². The van der Waals surface area contributed by atoms with Crippen molar-refractivity contribution in [2.24, 2.45) is 0 Å². The number of ketones is 1. The summed E-state index contributed by atoms with van der Waals surface area (Å²) in [7, 11) is 0. The van der Waals surface area contributed by atoms with Gasteiger partial charge in [0.2, 0.25) is 0 Å². The van der Waals surface area contributed by atoms with E-state index >= 15 is 0 Å². The van der Waals surface area contributed by atoms with Crippen molar-refractivity contribution in [1.29, 1.82) is 0 Å². The zero-order valence-electron chi connectivity index (χ0n) is 10.4. The highest BCUT2D eigenvalue weighted by Gasteiger charge is 2.33. The Kier molecular flexibility index (Phi) is 5.75. The number of unbranched alkanes of at least 4 members (excludes halogenated alkanes) is 5. The first kappa shape index (κ1) is 13.4. The number of hydrogen-bond acceptors (Lipinski definition) is 2. The molecule has 0 saturated heterocycles. The van der Waals surface area contributed by atoms with Crippen LogP contribution in [0.3, 0.4) is 0 Å². The van der Waals surface area contributed by atoms with Crippen LogP contribution in [0.15, 0.2) is 12.2 Å². The normalized spacial score (nSPS) is 23.9. The molecule has 2 nitrogen and oxygen atoms in total. The smallest absolute Gasteiger partial charge is 0.168 e. The first-order valence-electron chi connectivity index (χ1n) is 6.62. The average molecular weight is 224 g/mol. The lowest BCUT2D eigenvalue weighted by atomic mass is 9.93. The number of allylic oxidation sites excluding steroid dienone is 1. The third-order valence-corrected chi connectivity index (χ3v) is 3.33. The average Bonchev–Trinajstić information content (AvgIpc) is 2.71. The summed E-state index contributed by atoms with van der Waals surface area (Å²) in [6.07, 6.45) is 12.6. The van der Waals surface area contributed by atoms with Crippen LogP contribution in [0.5, 0.6) is 0 Å². The van der Waals surface area contributed by atoms with Crippen molar-refractivity contribution in [3.8, 4) is 0 Å². The SMILES string of the molecule is CCCCCCCCC(=O)[C@]1(O)C=CCC1. The predicted octanol–water partition coefficient (Wildman–Crippen LogP) is 3.39. The Morgan fingerprint density at radius 2 is 1.94 bits per heavy atom. The van der Waals surface area contributed by atoms with Gasteiger partial charge in [-0.2, -0.15) is 0 Å². The summed E-state index contributed by atoms with van der Waals surface area (Å²) in [4.78, 5) is 11.8. The Morgan fingerprint density at radius 3 is 2.56 bits per heavy atom. The third-order valence-electron chi connectivity index (χ3n) is 3.33. The van der Waals surface area contributed by atoms with Gasteiger partial charge in [0.25, 0.3) is 0 Å². The molecule has 0 aromatic rings. The lowest BCUT2D eigenvalue weighted by molar-refractivity contribution is -0.133. The summed E-state index contributed by atoms with van der Waals surface area (Å²) in [6, 6.07) is 0. The molecule has 1 aliphatic carbocycles. The third kappa shape index (κ3) is 4.09. The number of Topliss-reactive ketones (excluding diaryl/α,β-unsaturated/α-hetero) is 1. The van der Waals surface area contributed by atoms with Gasteiger partial charge in [-0.15, -0.1) is 0 Å². The summed E-state index contributed by atoms with van der Waals surface area (Å²) in [6.45, 7) is 2.20. The van der Waals surface area contributed by atoms with E-state index in [4.69, 9.17) is 0 Å². The second kappa shape index (κ2) is 6.85. The van der Waals surface area contributed by atoms with Gasteiger partial charge in [-0.3, -0.25) is 4.79 Å². The van der Waals surface area contributed by atoms with Gasteiger partial charge in [-0.05, 0) is 25.3 Å². The zero-order valence-corrected chi connectivity index (χ0v) is 10.4. The van der Waals surface area contributed by atoms with Crippen LogP contribution in [0.1, 0.15) is 64.7 Å². The lowest BCUT2D eigenvalue weighted by Crippen LogP contribution is -2.34. The quantitative estimate of drug-likeness (QED) is 0.507. The van der Waals surface area contributed by atoms with Crippen LogP contribution in [0.2, 0.25) is 0 Å². The highest BCUT2D eigenvalue weighted by molar-refractivity contribution is 5.89. The number of rotatable bonds is 8. The number of aliphatic hydroxyl groups is 1. The van der Waals surface area contributed by atoms with Gasteiger partial charge in [0.1, 0.15) is 5.60 Å². The highest BCUT2D eigenvalue weighted by atomic mass is 16.3. The van der Waals surface area contributed by atoms with Gasteiger partial charge < -0.3 is 5.11 Å². The Bertz CT molecular complexity index is 245. The first-order chi connectivity index (χ1) is 7.69. The van der Waals surface area contributed by atoms with E-state index in [9.17, 15) is 9.90 Å². The fraction of sp³-hybridized carbons (Fsp3) is 0.786. The fourth-order valence-electron chi connectivity index (χ4n) is 2.18. The molecule has 0 amide bonds. The van der Waals surface area contributed by atoms with Crippen LogP contribution in [0, 0.1) is 0 Å². The summed E-state index contributed by atoms with van der Waals surface area (Å²) >= 11 is 0. The number of carbonyl (C=O) groups excluding carboxylic acids is 1. The van der Waals surface area contributed by atoms with E-state index in [1.807, 2.05) is 6.08 Å². The molecule has 0 fully saturated rings. The second-order valence-corrected chi connectivity index (χ2v) is 4.81. The topological polar surface area (TPSA) is 37.3 Å². The van der Waals surface area contributed by atoms with Gasteiger partial charge in [0, 0.05) is 6.42 Å². The van der Waals surface area contributed by atoms with Crippen LogP contribution in [-0.2, 0) is 4.79 Å². The second-order valence-electron chi connectivity index (χ2n) is 4.81. The van der Waals surface area contributed by atoms with Gasteiger partial charge in [-0.1, -0.05) is 45.1 Å². The van der Waals surface area contributed by atoms with Crippen LogP contribution >= 0.6 is 0 Å². The minimum atomic E-state index is -1.12. The molecule has 1 N–H and O–H groups in total. The van der Waals surface area contributed by atoms with Crippen molar-refractivity contribution in [3.63, 3.8) is 0 Å². The van der Waals surface area contributed by atoms with Crippen molar-refractivity contribution in [2.75, 3.05) is 0 Å². The van der Waals surface area contributed by atoms with E-state index in [2.05, 4.69) is 6.92 Å². The molecule has 1 rings (SSSR count). The molecule has 0 saturated carbocycles. The van der Waals surface area contributed by atoms with E-state index in [1.54, 1.807) is 6.08 Å². The van der Waals surface area contributed by atoms with E-state index in [0.717, 1.165) is 19.3 Å². The molecule has 2 heteroatoms. The molecule has 0 aromatic carbocycles. The molecule has 0 bridgehead atoms. The van der Waals surface area contributed by atoms with E-state index in [1.165, 1.54) is 25.7 Å². The van der Waals surface area contributed by atoms with Gasteiger partial charge >= 0.3 is 0 Å². The van der Waals surface area contributed by atoms with E-state index in [0.29, 0.717) is 12.8 Å². The number of hydrogen-bond donors (Lipinski definition) is 1. The minimum absolute atomic E-state index is 0.0109. The molecule has 0 unspecified atom stereocenters. The lowest BCUT2D eigenvalue weighted by Gasteiger charge is -2.18. The van der Waals surface area contributed by atoms with Crippen molar-refractivity contribution in [1.82, 2.24) is 0 Å². The molecule has 0 heterocycles. The maximum atomic E-state index is 11.8. The Morgan fingerprint density at radius 1 is 1.25 bits per heavy atom. The summed E-state index contributed by atoms with van der Waals surface area (Å²) in [5.41, 5.74) is -1.12. The monoisotopic (exact) mass is 224 g/mol. The first-order valence-corrected chi connectivity index (χ1v) is 6.62. The van der Waals surface area contributed by atoms with Crippen molar-refractivity contribution in [2.45, 2.75) is 70.3 Å². The fourth-order valence-corrected chi connectivity index (χ4v) is 2.18. The molecular weight excluding hydrogens is 200 g/mol. The Labute approximate surface area is 98.7 Å². The summed E-state index contributed by atoms with van der Waals surface area (Å²) in [5, 5.41) is 9.96. The summed E-state index contributed by atoms with van der Waals surface area (Å²) < 4.78 is 0. The Hall–Kier alpha value is -0.630. The van der Waals surface area contributed by atoms with Gasteiger partial charge in [0.15, 0.2) is 5.78 Å². The maximum absolute atomic E-state index is 11.8. The molecule has 92 valence electrons. The molecule has 0 aromatic heterocycles. The van der Waals surface area contributed by atoms with Crippen LogP contribution in [0.4, 0.5) is 0 Å². The highest BCUT2D eigenvalue weighted by Crippen LogP contribution is 2.25. The van der Waals surface area contributed by atoms with E-state index in [-0.39, 0.29) is 5.78 Å². The largest absolute Gasteiger partial charge is 0.378 e. The predicted molar refractivity (Wildman–Crippen MR) is 66.3 cm³/mol. The molecule has 1 aliphatic rings. The minimum Gasteiger partial charge on any atom is -0.378 e. The molecular formula is C14H24O2. The van der Waals surface area contributed by atoms with Crippen LogP contribution in [-0.4, -0.2) is 16.5 Å². The molecule has 1 atom stereocenters. The van der Waals surface area contributed by atoms with Crippen molar-refractivity contribution < 1.29 is 9.90 Å².